The highest BCUT2D eigenvalue weighted by Gasteiger charge is 2.28. The average molecular weight is 483 g/mol. The predicted molar refractivity (Wildman–Crippen MR) is 136 cm³/mol. The molecule has 0 saturated heterocycles. The summed E-state index contributed by atoms with van der Waals surface area (Å²) in [4.78, 5) is 25.2. The van der Waals surface area contributed by atoms with Crippen LogP contribution >= 0.6 is 0 Å². The number of aromatic nitrogens is 1. The third-order valence-electron chi connectivity index (χ3n) is 5.67. The number of fused-ring (bicyclic) bond motifs is 1. The highest BCUT2D eigenvalue weighted by molar-refractivity contribution is 6.48. The van der Waals surface area contributed by atoms with Gasteiger partial charge in [0.1, 0.15) is 11.4 Å². The molecule has 3 rings (SSSR count). The Morgan fingerprint density at radius 3 is 2.29 bits per heavy atom. The van der Waals surface area contributed by atoms with Crippen molar-refractivity contribution in [1.29, 1.82) is 0 Å². The Morgan fingerprint density at radius 2 is 1.76 bits per heavy atom. The van der Waals surface area contributed by atoms with Gasteiger partial charge in [0.25, 0.3) is 0 Å². The van der Waals surface area contributed by atoms with E-state index in [1.807, 2.05) is 31.2 Å². The number of halogens is 1. The SMILES string of the molecule is CCOC(=O)c1cn(CC)c2cc(-c3ccc(C(O[Si](C)C)C(C)(C)C)cc3)c(F)cc2c1=O. The number of esters is 1. The lowest BCUT2D eigenvalue weighted by Gasteiger charge is -2.33. The minimum absolute atomic E-state index is 0.0570. The maximum Gasteiger partial charge on any atom is 0.343 e. The normalized spacial score (nSPS) is 12.9. The molecule has 0 amide bonds. The molecule has 0 aliphatic heterocycles. The number of hydrogen-bond acceptors (Lipinski definition) is 4. The summed E-state index contributed by atoms with van der Waals surface area (Å²) in [5, 5.41) is 0.159. The molecule has 5 nitrogen and oxygen atoms in total. The molecule has 1 aromatic heterocycles. The summed E-state index contributed by atoms with van der Waals surface area (Å²) in [6.45, 7) is 14.9. The highest BCUT2D eigenvalue weighted by Crippen LogP contribution is 2.37. The summed E-state index contributed by atoms with van der Waals surface area (Å²) < 4.78 is 28.3. The lowest BCUT2D eigenvalue weighted by Crippen LogP contribution is -2.25. The molecule has 2 aromatic carbocycles. The first-order chi connectivity index (χ1) is 16.0. The van der Waals surface area contributed by atoms with Gasteiger partial charge < -0.3 is 13.7 Å². The minimum Gasteiger partial charge on any atom is -0.462 e. The summed E-state index contributed by atoms with van der Waals surface area (Å²) in [7, 11) is -0.905. The van der Waals surface area contributed by atoms with Gasteiger partial charge in [0.05, 0.1) is 18.2 Å². The molecular weight excluding hydrogens is 449 g/mol. The number of hydrogen-bond donors (Lipinski definition) is 0. The van der Waals surface area contributed by atoms with Crippen molar-refractivity contribution in [3.63, 3.8) is 0 Å². The molecule has 0 bridgehead atoms. The molecular formula is C27H33FNO4Si. The van der Waals surface area contributed by atoms with E-state index in [2.05, 4.69) is 33.9 Å². The van der Waals surface area contributed by atoms with Gasteiger partial charge in [0.15, 0.2) is 0 Å². The topological polar surface area (TPSA) is 57.5 Å². The number of pyridine rings is 1. The number of aryl methyl sites for hydroxylation is 1. The standard InChI is InChI=1S/C27H33FNO4Si/c1-8-29-16-21(26(31)32-9-2)24(30)20-14-22(28)19(15-23(20)29)17-10-12-18(13-11-17)25(27(3,4)5)33-34(6)7/h10-16,25H,8-9H2,1-7H3. The first kappa shape index (κ1) is 25.8. The molecule has 0 aliphatic carbocycles. The van der Waals surface area contributed by atoms with Gasteiger partial charge in [-0.1, -0.05) is 45.0 Å². The van der Waals surface area contributed by atoms with Crippen molar-refractivity contribution in [3.05, 3.63) is 69.8 Å². The van der Waals surface area contributed by atoms with Gasteiger partial charge in [0.2, 0.25) is 14.5 Å². The van der Waals surface area contributed by atoms with Crippen LogP contribution in [0.15, 0.2) is 47.4 Å². The van der Waals surface area contributed by atoms with E-state index in [-0.39, 0.29) is 29.1 Å². The van der Waals surface area contributed by atoms with Gasteiger partial charge in [-0.05, 0) is 55.6 Å². The molecule has 1 atom stereocenters. The molecule has 0 fully saturated rings. The zero-order valence-electron chi connectivity index (χ0n) is 21.0. The van der Waals surface area contributed by atoms with Crippen molar-refractivity contribution in [2.24, 2.45) is 5.41 Å². The number of carbonyl (C=O) groups excluding carboxylic acids is 1. The van der Waals surface area contributed by atoms with E-state index in [1.54, 1.807) is 17.6 Å². The summed E-state index contributed by atoms with van der Waals surface area (Å²) in [6.07, 6.45) is 1.44. The smallest absolute Gasteiger partial charge is 0.343 e. The van der Waals surface area contributed by atoms with Gasteiger partial charge >= 0.3 is 5.97 Å². The van der Waals surface area contributed by atoms with Crippen LogP contribution in [0.1, 0.15) is 56.6 Å². The first-order valence-electron chi connectivity index (χ1n) is 11.6. The number of carbonyl (C=O) groups is 1. The maximum atomic E-state index is 15.2. The van der Waals surface area contributed by atoms with Crippen molar-refractivity contribution in [1.82, 2.24) is 4.57 Å². The van der Waals surface area contributed by atoms with Crippen molar-refractivity contribution in [2.75, 3.05) is 6.61 Å². The maximum absolute atomic E-state index is 15.2. The molecule has 7 heteroatoms. The lowest BCUT2D eigenvalue weighted by molar-refractivity contribution is 0.0524. The number of nitrogens with zero attached hydrogens (tertiary/aromatic N) is 1. The van der Waals surface area contributed by atoms with Gasteiger partial charge in [-0.2, -0.15) is 0 Å². The van der Waals surface area contributed by atoms with Crippen LogP contribution in [0, 0.1) is 11.2 Å². The van der Waals surface area contributed by atoms with E-state index in [4.69, 9.17) is 9.16 Å². The molecule has 0 saturated carbocycles. The van der Waals surface area contributed by atoms with Crippen LogP contribution in [0.2, 0.25) is 13.1 Å². The zero-order valence-corrected chi connectivity index (χ0v) is 22.0. The van der Waals surface area contributed by atoms with Crippen LogP contribution in [0.5, 0.6) is 0 Å². The van der Waals surface area contributed by atoms with Gasteiger partial charge in [-0.3, -0.25) is 4.79 Å². The predicted octanol–water partition coefficient (Wildman–Crippen LogP) is 6.36. The van der Waals surface area contributed by atoms with Crippen LogP contribution in [0.3, 0.4) is 0 Å². The summed E-state index contributed by atoms with van der Waals surface area (Å²) in [6, 6.07) is 10.6. The van der Waals surface area contributed by atoms with Crippen LogP contribution in [0.4, 0.5) is 4.39 Å². The van der Waals surface area contributed by atoms with Crippen molar-refractivity contribution < 1.29 is 18.3 Å². The molecule has 0 spiro atoms. The lowest BCUT2D eigenvalue weighted by atomic mass is 9.84. The van der Waals surface area contributed by atoms with Crippen molar-refractivity contribution in [3.8, 4) is 11.1 Å². The number of ether oxygens (including phenoxy) is 1. The largest absolute Gasteiger partial charge is 0.462 e. The van der Waals surface area contributed by atoms with E-state index >= 15 is 4.39 Å². The second-order valence-electron chi connectivity index (χ2n) is 9.62. The second kappa shape index (κ2) is 10.2. The number of benzene rings is 2. The molecule has 1 unspecified atom stereocenters. The Labute approximate surface area is 202 Å². The zero-order chi connectivity index (χ0) is 25.2. The van der Waals surface area contributed by atoms with Gasteiger partial charge in [0, 0.05) is 23.7 Å². The van der Waals surface area contributed by atoms with Gasteiger partial charge in [-0.25, -0.2) is 9.18 Å². The van der Waals surface area contributed by atoms with E-state index in [0.29, 0.717) is 23.2 Å². The fourth-order valence-electron chi connectivity index (χ4n) is 4.07. The van der Waals surface area contributed by atoms with E-state index in [9.17, 15) is 9.59 Å². The minimum atomic E-state index is -0.905. The molecule has 0 N–H and O–H groups in total. The van der Waals surface area contributed by atoms with Crippen LogP contribution in [0.25, 0.3) is 22.0 Å². The van der Waals surface area contributed by atoms with Crippen LogP contribution in [-0.2, 0) is 15.7 Å². The van der Waals surface area contributed by atoms with E-state index < -0.39 is 26.3 Å². The fourth-order valence-corrected chi connectivity index (χ4v) is 5.03. The Morgan fingerprint density at radius 1 is 1.12 bits per heavy atom. The van der Waals surface area contributed by atoms with Gasteiger partial charge in [-0.15, -0.1) is 0 Å². The Balaban J connectivity index is 2.10. The third kappa shape index (κ3) is 5.31. The van der Waals surface area contributed by atoms with E-state index in [1.165, 1.54) is 12.3 Å². The monoisotopic (exact) mass is 482 g/mol. The first-order valence-corrected chi connectivity index (χ1v) is 14.0. The quantitative estimate of drug-likeness (QED) is 0.290. The molecule has 3 aromatic rings. The van der Waals surface area contributed by atoms with Crippen molar-refractivity contribution >= 4 is 25.9 Å². The van der Waals surface area contributed by atoms with Crippen LogP contribution < -0.4 is 5.43 Å². The number of rotatable bonds is 7. The molecule has 181 valence electrons. The Kier molecular flexibility index (Phi) is 7.78. The summed E-state index contributed by atoms with van der Waals surface area (Å²) in [5.41, 5.74) is 2.03. The second-order valence-corrected chi connectivity index (χ2v) is 11.7. The molecule has 1 heterocycles. The summed E-state index contributed by atoms with van der Waals surface area (Å²) >= 11 is 0. The fraction of sp³-hybridized carbons (Fsp3) is 0.407. The average Bonchev–Trinajstić information content (AvgIpc) is 2.77. The molecule has 0 aliphatic rings. The van der Waals surface area contributed by atoms with Crippen molar-refractivity contribution in [2.45, 2.75) is 60.4 Å². The van der Waals surface area contributed by atoms with E-state index in [0.717, 1.165) is 5.56 Å². The van der Waals surface area contributed by atoms with Crippen LogP contribution in [-0.4, -0.2) is 26.2 Å². The Bertz CT molecular complexity index is 1240. The highest BCUT2D eigenvalue weighted by atomic mass is 28.3. The third-order valence-corrected chi connectivity index (χ3v) is 6.38. The summed E-state index contributed by atoms with van der Waals surface area (Å²) in [5.74, 6) is -1.21. The molecule has 34 heavy (non-hydrogen) atoms. The molecule has 1 radical (unpaired) electrons. The Hall–Kier alpha value is -2.77.